The van der Waals surface area contributed by atoms with Crippen LogP contribution in [0.4, 0.5) is 16.0 Å². The van der Waals surface area contributed by atoms with Crippen molar-refractivity contribution in [2.75, 3.05) is 22.9 Å². The summed E-state index contributed by atoms with van der Waals surface area (Å²) in [5, 5.41) is 3.32. The summed E-state index contributed by atoms with van der Waals surface area (Å²) in [7, 11) is -2.01. The molecule has 0 saturated carbocycles. The first-order chi connectivity index (χ1) is 14.7. The van der Waals surface area contributed by atoms with Crippen LogP contribution in [0.1, 0.15) is 5.56 Å². The standard InChI is InChI=1S/C19H17ClFN7O2S/c1-28(31(2,29)30)19-11(4-3-6-23-19)10-24-15-5-7-22-17(26-15)18-25-14-9-12(21)8-13(20)16(14)27-18/h3-9H,10H2,1-2H3,(H,25,27)(H,22,24,26). The number of nitrogens with zero attached hydrogens (tertiary/aromatic N) is 5. The summed E-state index contributed by atoms with van der Waals surface area (Å²) >= 11 is 6.06. The maximum absolute atomic E-state index is 13.6. The smallest absolute Gasteiger partial charge is 0.233 e. The first-order valence-corrected chi connectivity index (χ1v) is 11.2. The summed E-state index contributed by atoms with van der Waals surface area (Å²) < 4.78 is 38.5. The predicted molar refractivity (Wildman–Crippen MR) is 117 cm³/mol. The Morgan fingerprint density at radius 2 is 2.00 bits per heavy atom. The van der Waals surface area contributed by atoms with Crippen LogP contribution in [-0.2, 0) is 16.6 Å². The van der Waals surface area contributed by atoms with Crippen LogP contribution in [0, 0.1) is 5.82 Å². The highest BCUT2D eigenvalue weighted by molar-refractivity contribution is 7.92. The van der Waals surface area contributed by atoms with Crippen molar-refractivity contribution in [3.05, 3.63) is 59.1 Å². The summed E-state index contributed by atoms with van der Waals surface area (Å²) in [5.74, 6) is 0.956. The van der Waals surface area contributed by atoms with Crippen molar-refractivity contribution < 1.29 is 12.8 Å². The number of halogens is 2. The molecule has 1 aromatic carbocycles. The van der Waals surface area contributed by atoms with Crippen LogP contribution >= 0.6 is 11.6 Å². The fourth-order valence-corrected chi connectivity index (χ4v) is 3.64. The minimum atomic E-state index is -3.46. The highest BCUT2D eigenvalue weighted by Gasteiger charge is 2.17. The molecule has 31 heavy (non-hydrogen) atoms. The predicted octanol–water partition coefficient (Wildman–Crippen LogP) is 3.22. The van der Waals surface area contributed by atoms with Gasteiger partial charge in [0.25, 0.3) is 0 Å². The third-order valence-corrected chi connectivity index (χ3v) is 5.95. The number of benzene rings is 1. The van der Waals surface area contributed by atoms with E-state index in [0.717, 1.165) is 10.6 Å². The van der Waals surface area contributed by atoms with Gasteiger partial charge in [0.1, 0.15) is 23.0 Å². The van der Waals surface area contributed by atoms with Gasteiger partial charge in [-0.05, 0) is 24.3 Å². The van der Waals surface area contributed by atoms with Gasteiger partial charge in [-0.3, -0.25) is 4.31 Å². The number of imidazole rings is 1. The van der Waals surface area contributed by atoms with Crippen LogP contribution in [0.5, 0.6) is 0 Å². The Balaban J connectivity index is 1.59. The number of hydrogen-bond acceptors (Lipinski definition) is 7. The zero-order chi connectivity index (χ0) is 22.2. The third kappa shape index (κ3) is 4.42. The van der Waals surface area contributed by atoms with Crippen molar-refractivity contribution in [1.29, 1.82) is 0 Å². The zero-order valence-corrected chi connectivity index (χ0v) is 18.0. The lowest BCUT2D eigenvalue weighted by molar-refractivity contribution is 0.599. The van der Waals surface area contributed by atoms with Gasteiger partial charge >= 0.3 is 0 Å². The van der Waals surface area contributed by atoms with Gasteiger partial charge in [0, 0.05) is 31.5 Å². The number of nitrogens with one attached hydrogen (secondary N) is 2. The van der Waals surface area contributed by atoms with E-state index >= 15 is 0 Å². The fraction of sp³-hybridized carbons (Fsp3) is 0.158. The van der Waals surface area contributed by atoms with Crippen molar-refractivity contribution in [2.24, 2.45) is 0 Å². The Bertz CT molecular complexity index is 1380. The highest BCUT2D eigenvalue weighted by Crippen LogP contribution is 2.26. The first kappa shape index (κ1) is 20.9. The summed E-state index contributed by atoms with van der Waals surface area (Å²) in [6.45, 7) is 0.274. The number of anilines is 2. The molecule has 0 radical (unpaired) electrons. The Hall–Kier alpha value is -3.31. The van der Waals surface area contributed by atoms with Gasteiger partial charge in [0.15, 0.2) is 11.6 Å². The number of pyridine rings is 1. The molecule has 0 unspecified atom stereocenters. The number of sulfonamides is 1. The molecule has 4 aromatic rings. The molecule has 2 N–H and O–H groups in total. The quantitative estimate of drug-likeness (QED) is 0.452. The van der Waals surface area contributed by atoms with E-state index in [9.17, 15) is 12.8 Å². The van der Waals surface area contributed by atoms with E-state index in [1.54, 1.807) is 24.4 Å². The van der Waals surface area contributed by atoms with Gasteiger partial charge in [-0.25, -0.2) is 32.7 Å². The molecule has 12 heteroatoms. The molecule has 0 bridgehead atoms. The largest absolute Gasteiger partial charge is 0.366 e. The number of hydrogen-bond donors (Lipinski definition) is 2. The average molecular weight is 462 g/mol. The average Bonchev–Trinajstić information content (AvgIpc) is 3.16. The third-order valence-electron chi connectivity index (χ3n) is 4.50. The molecule has 3 heterocycles. The Morgan fingerprint density at radius 1 is 1.19 bits per heavy atom. The molecule has 3 aromatic heterocycles. The molecule has 0 fully saturated rings. The van der Waals surface area contributed by atoms with Crippen LogP contribution in [0.25, 0.3) is 22.7 Å². The van der Waals surface area contributed by atoms with E-state index in [1.807, 2.05) is 0 Å². The molecule has 0 aliphatic heterocycles. The number of aromatic amines is 1. The second kappa shape index (κ2) is 8.08. The van der Waals surface area contributed by atoms with E-state index in [1.165, 1.54) is 25.4 Å². The maximum atomic E-state index is 13.6. The summed E-state index contributed by atoms with van der Waals surface area (Å²) in [6, 6.07) is 7.64. The van der Waals surface area contributed by atoms with Crippen molar-refractivity contribution in [1.82, 2.24) is 24.9 Å². The van der Waals surface area contributed by atoms with E-state index < -0.39 is 15.8 Å². The lowest BCUT2D eigenvalue weighted by Gasteiger charge is -2.19. The second-order valence-corrected chi connectivity index (χ2v) is 9.13. The van der Waals surface area contributed by atoms with E-state index in [-0.39, 0.29) is 17.4 Å². The fourth-order valence-electron chi connectivity index (χ4n) is 2.91. The summed E-state index contributed by atoms with van der Waals surface area (Å²) in [4.78, 5) is 20.1. The van der Waals surface area contributed by atoms with Crippen molar-refractivity contribution in [3.8, 4) is 11.6 Å². The number of H-pyrrole nitrogens is 1. The van der Waals surface area contributed by atoms with Crippen molar-refractivity contribution in [3.63, 3.8) is 0 Å². The number of aromatic nitrogens is 5. The Kier molecular flexibility index (Phi) is 5.46. The minimum absolute atomic E-state index is 0.186. The molecule has 160 valence electrons. The molecule has 0 aliphatic carbocycles. The van der Waals surface area contributed by atoms with Gasteiger partial charge in [-0.2, -0.15) is 0 Å². The Morgan fingerprint density at radius 3 is 2.77 bits per heavy atom. The lowest BCUT2D eigenvalue weighted by Crippen LogP contribution is -2.27. The minimum Gasteiger partial charge on any atom is -0.366 e. The van der Waals surface area contributed by atoms with Crippen LogP contribution in [0.3, 0.4) is 0 Å². The van der Waals surface area contributed by atoms with Crippen molar-refractivity contribution in [2.45, 2.75) is 6.54 Å². The maximum Gasteiger partial charge on any atom is 0.233 e. The summed E-state index contributed by atoms with van der Waals surface area (Å²) in [5.41, 5.74) is 1.52. The Labute approximate surface area is 182 Å². The molecule has 9 nitrogen and oxygen atoms in total. The van der Waals surface area contributed by atoms with Gasteiger partial charge in [0.2, 0.25) is 10.0 Å². The van der Waals surface area contributed by atoms with E-state index in [4.69, 9.17) is 11.6 Å². The van der Waals surface area contributed by atoms with Crippen molar-refractivity contribution >= 4 is 44.3 Å². The normalized spacial score (nSPS) is 11.6. The van der Waals surface area contributed by atoms with Gasteiger partial charge < -0.3 is 10.3 Å². The topological polar surface area (TPSA) is 117 Å². The number of fused-ring (bicyclic) bond motifs is 1. The molecule has 0 atom stereocenters. The highest BCUT2D eigenvalue weighted by atomic mass is 35.5. The van der Waals surface area contributed by atoms with Crippen LogP contribution in [-0.4, -0.2) is 46.6 Å². The monoisotopic (exact) mass is 461 g/mol. The number of rotatable bonds is 6. The molecule has 0 spiro atoms. The second-order valence-electron chi connectivity index (χ2n) is 6.70. The summed E-state index contributed by atoms with van der Waals surface area (Å²) in [6.07, 6.45) is 4.19. The molecule has 4 rings (SSSR count). The molecular weight excluding hydrogens is 445 g/mol. The lowest BCUT2D eigenvalue weighted by atomic mass is 10.2. The van der Waals surface area contributed by atoms with E-state index in [0.29, 0.717) is 34.1 Å². The molecule has 0 saturated heterocycles. The first-order valence-electron chi connectivity index (χ1n) is 9.02. The van der Waals surface area contributed by atoms with Crippen LogP contribution in [0.2, 0.25) is 5.02 Å². The van der Waals surface area contributed by atoms with Crippen LogP contribution < -0.4 is 9.62 Å². The molecule has 0 aliphatic rings. The molecular formula is C19H17ClFN7O2S. The van der Waals surface area contributed by atoms with Gasteiger partial charge in [-0.1, -0.05) is 17.7 Å². The SMILES string of the molecule is CN(c1ncccc1CNc1ccnc(-c2nc3c(Cl)cc(F)cc3[nH]2)n1)S(C)(=O)=O. The van der Waals surface area contributed by atoms with Gasteiger partial charge in [-0.15, -0.1) is 0 Å². The van der Waals surface area contributed by atoms with Gasteiger partial charge in [0.05, 0.1) is 16.8 Å². The van der Waals surface area contributed by atoms with Crippen LogP contribution in [0.15, 0.2) is 42.7 Å². The zero-order valence-electron chi connectivity index (χ0n) is 16.5. The molecule has 0 amide bonds. The van der Waals surface area contributed by atoms with E-state index in [2.05, 4.69) is 30.2 Å².